The summed E-state index contributed by atoms with van der Waals surface area (Å²) < 4.78 is 13.9. The number of aromatic amines is 1. The zero-order valence-corrected chi connectivity index (χ0v) is 58.9. The first-order chi connectivity index (χ1) is 49.6. The maximum absolute atomic E-state index is 12.6. The molecule has 16 aromatic rings. The van der Waals surface area contributed by atoms with Crippen LogP contribution in [0.2, 0.25) is 4.47 Å². The molecule has 0 atom stereocenters. The lowest BCUT2D eigenvalue weighted by Gasteiger charge is -2.06. The summed E-state index contributed by atoms with van der Waals surface area (Å²) in [5.74, 6) is -0.621. The summed E-state index contributed by atoms with van der Waals surface area (Å²) in [5.41, 5.74) is 19.1. The van der Waals surface area contributed by atoms with Crippen LogP contribution in [0.5, 0.6) is 0 Å². The zero-order chi connectivity index (χ0) is 70.6. The van der Waals surface area contributed by atoms with Crippen LogP contribution in [0.25, 0.3) is 43.6 Å². The average molecular weight is 1400 g/mol. The fourth-order valence-corrected chi connectivity index (χ4v) is 13.4. The quantitative estimate of drug-likeness (QED) is 0.0628. The van der Waals surface area contributed by atoms with Crippen molar-refractivity contribution in [3.63, 3.8) is 0 Å². The van der Waals surface area contributed by atoms with E-state index in [-0.39, 0.29) is 29.4 Å². The van der Waals surface area contributed by atoms with Gasteiger partial charge in [0.25, 0.3) is 23.6 Å². The molecule has 8 aromatic carbocycles. The van der Waals surface area contributed by atoms with Crippen LogP contribution >= 0.6 is 34.3 Å². The van der Waals surface area contributed by atoms with Gasteiger partial charge in [-0.2, -0.15) is 0 Å². The number of amides is 4. The molecular weight excluding hydrogens is 1330 g/mol. The molecule has 0 radical (unpaired) electrons. The highest BCUT2D eigenvalue weighted by molar-refractivity contribution is 7.14. The molecule has 0 saturated heterocycles. The number of hydrogen-bond donors (Lipinski definition) is 5. The number of aromatic nitrogens is 8. The summed E-state index contributed by atoms with van der Waals surface area (Å²) in [6.45, 7) is 13.3. The van der Waals surface area contributed by atoms with Crippen molar-refractivity contribution in [2.75, 3.05) is 21.3 Å². The Labute approximate surface area is 601 Å². The standard InChI is InChI=1S/C22H20N2OS.C20H16ClN3OS.C20H18N4O.C20H17N3O2/c1-15-7-9-17(10-8-15)13-24-14-19(18-5-3-4-6-20(18)24)23-22(25)21-16(2)11-12-26-21;1-13-6-8-14(9-7-13)10-24-11-16(15-4-2-3-5-18(15)24)22-19(25)17-12-26-20(21)23-17;1-14-6-8-15(9-7-14)11-24-12-18(16-4-2-3-5-19(16)24)23-20(25)17-10-21-13-22-17;1-14-6-8-15(9-7-14)12-23-13-17(16-4-2-3-5-18(16)23)22-20(24)19-10-11-21-25-19/h3-12,14H,13H2,1-2H3,(H,23,25);2-9,11-12H,10H2,1H3,(H,22,25);2-10,12-13H,11H2,1H3,(H,21,22)(H,23,25);2-11,13H,12H2,1H3,(H,22,24). The number of thiazole rings is 1. The number of H-pyrrole nitrogens is 1. The number of hydrogen-bond acceptors (Lipinski definition) is 10. The Morgan fingerprint density at radius 3 is 1.15 bits per heavy atom. The molecule has 0 saturated carbocycles. The fraction of sp³-hybridized carbons (Fsp3) is 0.110. The molecule has 0 aliphatic carbocycles. The van der Waals surface area contributed by atoms with E-state index in [2.05, 4.69) is 209 Å². The van der Waals surface area contributed by atoms with Gasteiger partial charge in [0, 0.05) is 84.0 Å². The predicted octanol–water partition coefficient (Wildman–Crippen LogP) is 19.2. The third-order valence-electron chi connectivity index (χ3n) is 17.2. The summed E-state index contributed by atoms with van der Waals surface area (Å²) in [4.78, 5) is 61.2. The van der Waals surface area contributed by atoms with Gasteiger partial charge in [-0.05, 0) is 98.1 Å². The first-order valence-electron chi connectivity index (χ1n) is 33.0. The highest BCUT2D eigenvalue weighted by Gasteiger charge is 2.20. The zero-order valence-electron chi connectivity index (χ0n) is 56.5. The molecule has 0 bridgehead atoms. The minimum absolute atomic E-state index is 0.0456. The SMILES string of the molecule is Cc1ccc(Cn2cc(NC(=O)c3ccno3)c3ccccc32)cc1.Cc1ccc(Cn2cc(NC(=O)c3cnc[nH]3)c3ccccc32)cc1.Cc1ccc(Cn2cc(NC(=O)c3csc(Cl)n3)c3ccccc32)cc1.Cc1ccc(Cn2cc(NC(=O)c3sccc3C)c3ccccc32)cc1. The van der Waals surface area contributed by atoms with Gasteiger partial charge in [0.05, 0.1) is 68.4 Å². The molecule has 0 aliphatic rings. The second-order valence-electron chi connectivity index (χ2n) is 24.8. The van der Waals surface area contributed by atoms with Crippen molar-refractivity contribution in [1.29, 1.82) is 0 Å². The van der Waals surface area contributed by atoms with Gasteiger partial charge in [0.2, 0.25) is 5.76 Å². The van der Waals surface area contributed by atoms with Crippen molar-refractivity contribution in [3.8, 4) is 0 Å². The highest BCUT2D eigenvalue weighted by atomic mass is 35.5. The van der Waals surface area contributed by atoms with Crippen molar-refractivity contribution >= 4 is 124 Å². The van der Waals surface area contributed by atoms with Crippen LogP contribution in [0.15, 0.2) is 265 Å². The van der Waals surface area contributed by atoms with Crippen LogP contribution < -0.4 is 21.3 Å². The molecule has 5 N–H and O–H groups in total. The lowest BCUT2D eigenvalue weighted by molar-refractivity contribution is 0.0984. The normalized spacial score (nSPS) is 11.0. The Hall–Kier alpha value is -12.2. The molecule has 20 heteroatoms. The molecule has 0 unspecified atom stereocenters. The number of anilines is 4. The maximum atomic E-state index is 12.6. The van der Waals surface area contributed by atoms with Crippen LogP contribution in [0, 0.1) is 34.6 Å². The molecule has 0 spiro atoms. The first-order valence-corrected chi connectivity index (χ1v) is 35.1. The van der Waals surface area contributed by atoms with Gasteiger partial charge in [-0.25, -0.2) is 9.97 Å². The summed E-state index contributed by atoms with van der Waals surface area (Å²) in [6.07, 6.45) is 12.4. The summed E-state index contributed by atoms with van der Waals surface area (Å²) in [7, 11) is 0. The molecule has 8 aromatic heterocycles. The maximum Gasteiger partial charge on any atom is 0.294 e. The van der Waals surface area contributed by atoms with Gasteiger partial charge >= 0.3 is 0 Å². The number of imidazole rings is 1. The fourth-order valence-electron chi connectivity index (χ4n) is 11.9. The summed E-state index contributed by atoms with van der Waals surface area (Å²) >= 11 is 8.55. The highest BCUT2D eigenvalue weighted by Crippen LogP contribution is 2.33. The van der Waals surface area contributed by atoms with Crippen molar-refractivity contribution in [3.05, 3.63) is 337 Å². The number of carbonyl (C=O) groups is 4. The van der Waals surface area contributed by atoms with Crippen LogP contribution in [0.1, 0.15) is 91.3 Å². The molecule has 0 aliphatic heterocycles. The molecule has 17 nitrogen and oxygen atoms in total. The molecule has 4 amide bonds. The Morgan fingerprint density at radius 1 is 0.441 bits per heavy atom. The summed E-state index contributed by atoms with van der Waals surface area (Å²) in [5, 5.41) is 23.2. The molecule has 0 fully saturated rings. The van der Waals surface area contributed by atoms with E-state index in [1.807, 2.05) is 116 Å². The Kier molecular flexibility index (Phi) is 21.0. The number of nitrogens with one attached hydrogen (secondary N) is 5. The Morgan fingerprint density at radius 2 is 0.814 bits per heavy atom. The predicted molar refractivity (Wildman–Crippen MR) is 412 cm³/mol. The van der Waals surface area contributed by atoms with E-state index in [4.69, 9.17) is 16.1 Å². The van der Waals surface area contributed by atoms with E-state index in [0.717, 1.165) is 103 Å². The van der Waals surface area contributed by atoms with Gasteiger partial charge in [-0.3, -0.25) is 19.2 Å². The van der Waals surface area contributed by atoms with Gasteiger partial charge in [0.1, 0.15) is 11.4 Å². The topological polar surface area (TPSA) is 204 Å². The smallest absolute Gasteiger partial charge is 0.294 e. The van der Waals surface area contributed by atoms with Gasteiger partial charge in [-0.15, -0.1) is 22.7 Å². The minimum Gasteiger partial charge on any atom is -0.351 e. The minimum atomic E-state index is -0.310. The van der Waals surface area contributed by atoms with Crippen molar-refractivity contribution < 1.29 is 23.7 Å². The van der Waals surface area contributed by atoms with E-state index >= 15 is 0 Å². The van der Waals surface area contributed by atoms with Crippen molar-refractivity contribution in [2.24, 2.45) is 0 Å². The number of carbonyl (C=O) groups excluding carboxylic acids is 4. The van der Waals surface area contributed by atoms with E-state index in [1.165, 1.54) is 85.9 Å². The first kappa shape index (κ1) is 68.4. The molecule has 8 heterocycles. The van der Waals surface area contributed by atoms with Crippen molar-refractivity contribution in [2.45, 2.75) is 60.8 Å². The van der Waals surface area contributed by atoms with E-state index in [0.29, 0.717) is 15.9 Å². The Balaban J connectivity index is 0.000000121. The van der Waals surface area contributed by atoms with Gasteiger partial charge in [0.15, 0.2) is 4.47 Å². The van der Waals surface area contributed by atoms with E-state index in [1.54, 1.807) is 11.4 Å². The lowest BCUT2D eigenvalue weighted by Crippen LogP contribution is -2.12. The second-order valence-corrected chi connectivity index (χ2v) is 27.1. The van der Waals surface area contributed by atoms with Crippen molar-refractivity contribution in [1.82, 2.24) is 38.4 Å². The number of aryl methyl sites for hydroxylation is 5. The van der Waals surface area contributed by atoms with Crippen LogP contribution in [0.3, 0.4) is 0 Å². The van der Waals surface area contributed by atoms with E-state index < -0.39 is 0 Å². The largest absolute Gasteiger partial charge is 0.351 e. The van der Waals surface area contributed by atoms with Gasteiger partial charge < -0.3 is 49.0 Å². The van der Waals surface area contributed by atoms with Crippen LogP contribution in [0.4, 0.5) is 22.7 Å². The number of thiophene rings is 1. The Bertz CT molecular complexity index is 5400. The number of fused-ring (bicyclic) bond motifs is 4. The number of para-hydroxylation sites is 4. The monoisotopic (exact) mass is 1400 g/mol. The molecule has 102 heavy (non-hydrogen) atoms. The molecule has 16 rings (SSSR count). The van der Waals surface area contributed by atoms with E-state index in [9.17, 15) is 19.2 Å². The number of rotatable bonds is 16. The third-order valence-corrected chi connectivity index (χ3v) is 19.2. The molecule has 508 valence electrons. The number of halogens is 1. The van der Waals surface area contributed by atoms with Crippen LogP contribution in [-0.2, 0) is 26.2 Å². The van der Waals surface area contributed by atoms with Gasteiger partial charge in [-0.1, -0.05) is 209 Å². The average Bonchev–Trinajstić information content (AvgIpc) is 1.67. The summed E-state index contributed by atoms with van der Waals surface area (Å²) in [6, 6.07) is 69.8. The third kappa shape index (κ3) is 16.4. The number of nitrogens with zero attached hydrogens (tertiary/aromatic N) is 7. The van der Waals surface area contributed by atoms with Crippen LogP contribution in [-0.4, -0.2) is 62.0 Å². The number of benzene rings is 8. The lowest BCUT2D eigenvalue weighted by atomic mass is 10.1. The molecular formula is C82H71ClN12O5S2. The second kappa shape index (κ2) is 31.4.